The van der Waals surface area contributed by atoms with Crippen LogP contribution in [0.3, 0.4) is 0 Å². The molecule has 6 heteroatoms. The van der Waals surface area contributed by atoms with Gasteiger partial charge in [0.15, 0.2) is 5.17 Å². The SMILES string of the molecule is NN1N=C(Cl)C=C(Cl)N1. The smallest absolute Gasteiger partial charge is 0.155 e. The highest BCUT2D eigenvalue weighted by atomic mass is 35.5. The van der Waals surface area contributed by atoms with Crippen molar-refractivity contribution >= 4 is 28.4 Å². The van der Waals surface area contributed by atoms with E-state index in [9.17, 15) is 0 Å². The van der Waals surface area contributed by atoms with Crippen molar-refractivity contribution in [1.29, 1.82) is 0 Å². The van der Waals surface area contributed by atoms with Gasteiger partial charge in [-0.25, -0.2) is 5.84 Å². The van der Waals surface area contributed by atoms with Crippen molar-refractivity contribution in [2.45, 2.75) is 0 Å². The fourth-order valence-corrected chi connectivity index (χ4v) is 0.839. The predicted octanol–water partition coefficient (Wildman–Crippen LogP) is 0.313. The van der Waals surface area contributed by atoms with Crippen molar-refractivity contribution in [2.75, 3.05) is 0 Å². The molecule has 0 saturated heterocycles. The molecule has 1 rings (SSSR count). The first kappa shape index (κ1) is 6.67. The minimum Gasteiger partial charge on any atom is -0.256 e. The van der Waals surface area contributed by atoms with Crippen LogP contribution in [0.1, 0.15) is 0 Å². The lowest BCUT2D eigenvalue weighted by molar-refractivity contribution is 0.234. The lowest BCUT2D eigenvalue weighted by Crippen LogP contribution is -2.40. The molecular weight excluding hydrogens is 163 g/mol. The third-order valence-corrected chi connectivity index (χ3v) is 1.05. The molecule has 0 unspecified atom stereocenters. The van der Waals surface area contributed by atoms with E-state index in [4.69, 9.17) is 29.0 Å². The standard InChI is InChI=1S/C3H4Cl2N4/c4-2-1-3(5)8-9(6)7-2/h1,7H,6H2. The molecule has 0 aromatic rings. The minimum absolute atomic E-state index is 0.251. The number of nitrogens with zero attached hydrogens (tertiary/aromatic N) is 2. The molecule has 0 aromatic carbocycles. The second kappa shape index (κ2) is 2.43. The van der Waals surface area contributed by atoms with Crippen LogP contribution in [0.2, 0.25) is 0 Å². The first-order chi connectivity index (χ1) is 4.18. The second-order valence-electron chi connectivity index (χ2n) is 1.37. The zero-order chi connectivity index (χ0) is 6.85. The van der Waals surface area contributed by atoms with Crippen LogP contribution in [0.25, 0.3) is 0 Å². The van der Waals surface area contributed by atoms with Gasteiger partial charge in [0.25, 0.3) is 0 Å². The van der Waals surface area contributed by atoms with Crippen LogP contribution in [0.5, 0.6) is 0 Å². The minimum atomic E-state index is 0.251. The van der Waals surface area contributed by atoms with Gasteiger partial charge >= 0.3 is 0 Å². The molecule has 1 aliphatic rings. The molecule has 9 heavy (non-hydrogen) atoms. The highest BCUT2D eigenvalue weighted by Crippen LogP contribution is 2.04. The van der Waals surface area contributed by atoms with Crippen LogP contribution < -0.4 is 11.3 Å². The average molecular weight is 167 g/mol. The summed E-state index contributed by atoms with van der Waals surface area (Å²) in [6.07, 6.45) is 1.45. The van der Waals surface area contributed by atoms with Gasteiger partial charge in [0, 0.05) is 6.08 Å². The van der Waals surface area contributed by atoms with Gasteiger partial charge < -0.3 is 0 Å². The summed E-state index contributed by atoms with van der Waals surface area (Å²) in [7, 11) is 0. The number of hydrazine groups is 2. The van der Waals surface area contributed by atoms with E-state index < -0.39 is 0 Å². The predicted molar refractivity (Wildman–Crippen MR) is 36.4 cm³/mol. The van der Waals surface area contributed by atoms with Gasteiger partial charge in [-0.2, -0.15) is 0 Å². The summed E-state index contributed by atoms with van der Waals surface area (Å²) in [6, 6.07) is 0. The molecule has 0 radical (unpaired) electrons. The zero-order valence-electron chi connectivity index (χ0n) is 4.31. The number of halogens is 2. The Bertz CT molecular complexity index is 175. The quantitative estimate of drug-likeness (QED) is 0.403. The molecule has 1 aliphatic heterocycles. The largest absolute Gasteiger partial charge is 0.256 e. The van der Waals surface area contributed by atoms with Crippen molar-refractivity contribution < 1.29 is 0 Å². The summed E-state index contributed by atoms with van der Waals surface area (Å²) in [5.74, 6) is 5.14. The Morgan fingerprint density at radius 2 is 2.33 bits per heavy atom. The topological polar surface area (TPSA) is 53.6 Å². The van der Waals surface area contributed by atoms with Crippen LogP contribution >= 0.6 is 23.2 Å². The van der Waals surface area contributed by atoms with E-state index in [0.29, 0.717) is 5.16 Å². The first-order valence-electron chi connectivity index (χ1n) is 2.11. The maximum absolute atomic E-state index is 5.47. The molecule has 1 heterocycles. The molecular formula is C3H4Cl2N4. The fourth-order valence-electron chi connectivity index (χ4n) is 0.403. The lowest BCUT2D eigenvalue weighted by Gasteiger charge is -2.16. The summed E-state index contributed by atoms with van der Waals surface area (Å²) in [6.45, 7) is 0. The van der Waals surface area contributed by atoms with E-state index in [1.54, 1.807) is 0 Å². The van der Waals surface area contributed by atoms with Crippen molar-refractivity contribution in [3.8, 4) is 0 Å². The number of allylic oxidation sites excluding steroid dienone is 1. The molecule has 0 aromatic heterocycles. The first-order valence-corrected chi connectivity index (χ1v) is 2.87. The third-order valence-electron chi connectivity index (χ3n) is 0.670. The van der Waals surface area contributed by atoms with Gasteiger partial charge in [-0.1, -0.05) is 23.2 Å². The van der Waals surface area contributed by atoms with Crippen molar-refractivity contribution in [1.82, 2.24) is 10.7 Å². The maximum atomic E-state index is 5.47. The summed E-state index contributed by atoms with van der Waals surface area (Å²) < 4.78 is 0. The Labute approximate surface area is 61.8 Å². The monoisotopic (exact) mass is 166 g/mol. The van der Waals surface area contributed by atoms with Crippen LogP contribution in [0.4, 0.5) is 0 Å². The van der Waals surface area contributed by atoms with Crippen molar-refractivity contribution in [3.63, 3.8) is 0 Å². The van der Waals surface area contributed by atoms with E-state index in [-0.39, 0.29) is 5.17 Å². The fraction of sp³-hybridized carbons (Fsp3) is 0. The van der Waals surface area contributed by atoms with E-state index in [2.05, 4.69) is 10.5 Å². The number of hydrogen-bond acceptors (Lipinski definition) is 4. The summed E-state index contributed by atoms with van der Waals surface area (Å²) in [5.41, 5.74) is 2.48. The van der Waals surface area contributed by atoms with Crippen molar-refractivity contribution in [3.05, 3.63) is 11.2 Å². The average Bonchev–Trinajstić information content (AvgIpc) is 1.59. The van der Waals surface area contributed by atoms with E-state index in [1.165, 1.54) is 6.08 Å². The Hall–Kier alpha value is -0.450. The van der Waals surface area contributed by atoms with E-state index >= 15 is 0 Å². The Morgan fingerprint density at radius 1 is 1.67 bits per heavy atom. The van der Waals surface area contributed by atoms with Crippen molar-refractivity contribution in [2.24, 2.45) is 10.9 Å². The molecule has 0 bridgehead atoms. The molecule has 3 N–H and O–H groups in total. The Balaban J connectivity index is 2.74. The number of nitrogens with two attached hydrogens (primary N) is 1. The summed E-state index contributed by atoms with van der Waals surface area (Å²) in [4.78, 5) is 0. The lowest BCUT2D eigenvalue weighted by atomic mass is 10.6. The highest BCUT2D eigenvalue weighted by molar-refractivity contribution is 6.69. The Morgan fingerprint density at radius 3 is 2.78 bits per heavy atom. The molecule has 4 nitrogen and oxygen atoms in total. The molecule has 0 amide bonds. The molecule has 0 saturated carbocycles. The van der Waals surface area contributed by atoms with Gasteiger partial charge in [-0.3, -0.25) is 5.43 Å². The second-order valence-corrected chi connectivity index (χ2v) is 2.17. The van der Waals surface area contributed by atoms with Gasteiger partial charge in [-0.05, 0) is 0 Å². The summed E-state index contributed by atoms with van der Waals surface area (Å²) in [5, 5.41) is 5.09. The van der Waals surface area contributed by atoms with Gasteiger partial charge in [0.2, 0.25) is 0 Å². The van der Waals surface area contributed by atoms with Crippen LogP contribution in [-0.4, -0.2) is 10.4 Å². The third kappa shape index (κ3) is 1.74. The van der Waals surface area contributed by atoms with Gasteiger partial charge in [0.05, 0.1) is 0 Å². The Kier molecular flexibility index (Phi) is 1.80. The molecule has 0 spiro atoms. The molecule has 0 atom stereocenters. The van der Waals surface area contributed by atoms with E-state index in [0.717, 1.165) is 5.23 Å². The van der Waals surface area contributed by atoms with Crippen LogP contribution in [-0.2, 0) is 0 Å². The molecule has 0 fully saturated rings. The zero-order valence-corrected chi connectivity index (χ0v) is 5.82. The number of rotatable bonds is 0. The maximum Gasteiger partial charge on any atom is 0.155 e. The van der Waals surface area contributed by atoms with E-state index in [1.807, 2.05) is 0 Å². The number of hydrazone groups is 1. The molecule has 50 valence electrons. The van der Waals surface area contributed by atoms with Crippen LogP contribution in [0, 0.1) is 0 Å². The van der Waals surface area contributed by atoms with Gasteiger partial charge in [-0.15, -0.1) is 10.3 Å². The van der Waals surface area contributed by atoms with Crippen LogP contribution in [0.15, 0.2) is 16.3 Å². The number of nitrogens with one attached hydrogen (secondary N) is 1. The summed E-state index contributed by atoms with van der Waals surface area (Å²) >= 11 is 10.9. The molecule has 0 aliphatic carbocycles. The van der Waals surface area contributed by atoms with Gasteiger partial charge in [0.1, 0.15) is 5.16 Å². The highest BCUT2D eigenvalue weighted by Gasteiger charge is 2.04. The normalized spacial score (nSPS) is 18.3. The number of hydrogen-bond donors (Lipinski definition) is 2.